The molecule has 4 rings (SSSR count). The highest BCUT2D eigenvalue weighted by molar-refractivity contribution is 5.79. The van der Waals surface area contributed by atoms with Gasteiger partial charge in [0, 0.05) is 29.8 Å². The number of rotatable bonds is 7. The van der Waals surface area contributed by atoms with Gasteiger partial charge in [-0.15, -0.1) is 0 Å². The van der Waals surface area contributed by atoms with Crippen molar-refractivity contribution < 1.29 is 24.2 Å². The van der Waals surface area contributed by atoms with Crippen LogP contribution in [0.3, 0.4) is 0 Å². The maximum Gasteiger partial charge on any atom is 0.313 e. The van der Waals surface area contributed by atoms with Gasteiger partial charge in [0.1, 0.15) is 5.75 Å². The van der Waals surface area contributed by atoms with Crippen LogP contribution in [-0.2, 0) is 20.9 Å². The van der Waals surface area contributed by atoms with E-state index < -0.39 is 0 Å². The van der Waals surface area contributed by atoms with E-state index in [0.29, 0.717) is 12.6 Å². The number of benzene rings is 1. The summed E-state index contributed by atoms with van der Waals surface area (Å²) >= 11 is 0. The zero-order valence-electron chi connectivity index (χ0n) is 18.3. The van der Waals surface area contributed by atoms with E-state index in [1.54, 1.807) is 7.11 Å². The molecule has 0 spiro atoms. The summed E-state index contributed by atoms with van der Waals surface area (Å²) in [6, 6.07) is 8.70. The van der Waals surface area contributed by atoms with Crippen LogP contribution in [0.1, 0.15) is 45.1 Å². The van der Waals surface area contributed by atoms with Gasteiger partial charge in [-0.25, -0.2) is 0 Å². The molecule has 0 amide bonds. The number of H-pyrrole nitrogens is 1. The summed E-state index contributed by atoms with van der Waals surface area (Å²) in [6.45, 7) is 5.00. The zero-order valence-corrected chi connectivity index (χ0v) is 18.3. The maximum atomic E-state index is 12.8. The quantitative estimate of drug-likeness (QED) is 0.513. The van der Waals surface area contributed by atoms with E-state index in [4.69, 9.17) is 19.4 Å². The van der Waals surface area contributed by atoms with Gasteiger partial charge in [0.15, 0.2) is 0 Å². The first-order valence-corrected chi connectivity index (χ1v) is 10.7. The van der Waals surface area contributed by atoms with Crippen LogP contribution >= 0.6 is 0 Å². The Kier molecular flexibility index (Phi) is 7.33. The van der Waals surface area contributed by atoms with Gasteiger partial charge < -0.3 is 14.6 Å². The van der Waals surface area contributed by atoms with Crippen LogP contribution < -0.4 is 4.74 Å². The van der Waals surface area contributed by atoms with Gasteiger partial charge in [-0.05, 0) is 56.9 Å². The number of methoxy groups -OCH3 is 1. The van der Waals surface area contributed by atoms with Crippen molar-refractivity contribution >= 4 is 12.4 Å². The number of carbonyl (C=O) groups is 2. The molecule has 2 fully saturated rings. The molecular weight excluding hydrogens is 398 g/mol. The predicted molar refractivity (Wildman–Crippen MR) is 116 cm³/mol. The van der Waals surface area contributed by atoms with E-state index in [1.165, 1.54) is 0 Å². The Bertz CT molecular complexity index is 882. The number of esters is 1. The molecular formula is C23H31N3O5. The van der Waals surface area contributed by atoms with Crippen LogP contribution in [0, 0.1) is 5.41 Å². The maximum absolute atomic E-state index is 12.8. The zero-order chi connectivity index (χ0) is 22.4. The SMILES string of the molecule is CCOC(=O)[C@]1(CC)C[C@@H]2CC[C@H]1N2Cc1cn[nH]c1-c1ccc(OC)cc1.O=CO. The minimum Gasteiger partial charge on any atom is -0.497 e. The third kappa shape index (κ3) is 4.30. The Labute approximate surface area is 182 Å². The molecule has 8 heteroatoms. The Hall–Kier alpha value is -2.87. The van der Waals surface area contributed by atoms with Crippen LogP contribution in [0.4, 0.5) is 0 Å². The second kappa shape index (κ2) is 9.96. The minimum atomic E-state index is -0.358. The molecule has 0 unspecified atom stereocenters. The summed E-state index contributed by atoms with van der Waals surface area (Å²) < 4.78 is 10.7. The highest BCUT2D eigenvalue weighted by atomic mass is 16.5. The second-order valence-corrected chi connectivity index (χ2v) is 7.96. The number of fused-ring (bicyclic) bond motifs is 2. The number of nitrogens with zero attached hydrogens (tertiary/aromatic N) is 2. The largest absolute Gasteiger partial charge is 0.497 e. The van der Waals surface area contributed by atoms with Crippen molar-refractivity contribution in [2.75, 3.05) is 13.7 Å². The number of aromatic nitrogens is 2. The molecule has 168 valence electrons. The van der Waals surface area contributed by atoms with Crippen LogP contribution in [0.25, 0.3) is 11.3 Å². The van der Waals surface area contributed by atoms with Gasteiger partial charge in [-0.1, -0.05) is 6.92 Å². The molecule has 2 aliphatic rings. The van der Waals surface area contributed by atoms with Crippen LogP contribution in [0.5, 0.6) is 5.75 Å². The molecule has 0 saturated carbocycles. The van der Waals surface area contributed by atoms with Gasteiger partial charge in [0.2, 0.25) is 0 Å². The molecule has 1 aromatic heterocycles. The lowest BCUT2D eigenvalue weighted by Gasteiger charge is -2.34. The fraction of sp³-hybridized carbons (Fsp3) is 0.522. The van der Waals surface area contributed by atoms with Gasteiger partial charge in [0.25, 0.3) is 6.47 Å². The van der Waals surface area contributed by atoms with Crippen molar-refractivity contribution in [2.24, 2.45) is 5.41 Å². The predicted octanol–water partition coefficient (Wildman–Crippen LogP) is 3.48. The molecule has 2 N–H and O–H groups in total. The Morgan fingerprint density at radius 2 is 2.03 bits per heavy atom. The van der Waals surface area contributed by atoms with E-state index in [0.717, 1.165) is 54.8 Å². The molecule has 31 heavy (non-hydrogen) atoms. The van der Waals surface area contributed by atoms with Crippen molar-refractivity contribution in [3.8, 4) is 17.0 Å². The van der Waals surface area contributed by atoms with Gasteiger partial charge in [0.05, 0.1) is 31.0 Å². The molecule has 1 aromatic carbocycles. The van der Waals surface area contributed by atoms with E-state index in [9.17, 15) is 4.79 Å². The van der Waals surface area contributed by atoms with E-state index in [2.05, 4.69) is 22.0 Å². The highest BCUT2D eigenvalue weighted by Crippen LogP contribution is 2.53. The van der Waals surface area contributed by atoms with E-state index >= 15 is 0 Å². The number of aromatic amines is 1. The average molecular weight is 430 g/mol. The molecule has 2 saturated heterocycles. The number of carboxylic acid groups (broad SMARTS) is 1. The summed E-state index contributed by atoms with van der Waals surface area (Å²) in [6.07, 6.45) is 5.87. The summed E-state index contributed by atoms with van der Waals surface area (Å²) in [5.41, 5.74) is 2.93. The molecule has 0 aliphatic carbocycles. The molecule has 8 nitrogen and oxygen atoms in total. The van der Waals surface area contributed by atoms with Gasteiger partial charge >= 0.3 is 5.97 Å². The molecule has 2 aliphatic heterocycles. The van der Waals surface area contributed by atoms with Crippen LogP contribution in [-0.4, -0.2) is 58.4 Å². The third-order valence-electron chi connectivity index (χ3n) is 6.64. The van der Waals surface area contributed by atoms with Crippen molar-refractivity contribution in [1.82, 2.24) is 15.1 Å². The van der Waals surface area contributed by atoms with E-state index in [1.807, 2.05) is 37.4 Å². The molecule has 3 heterocycles. The lowest BCUT2D eigenvalue weighted by molar-refractivity contribution is -0.157. The monoisotopic (exact) mass is 429 g/mol. The third-order valence-corrected chi connectivity index (χ3v) is 6.64. The first kappa shape index (κ1) is 22.8. The average Bonchev–Trinajstić information content (AvgIpc) is 3.49. The molecule has 3 atom stereocenters. The van der Waals surface area contributed by atoms with Crippen LogP contribution in [0.2, 0.25) is 0 Å². The first-order chi connectivity index (χ1) is 15.0. The smallest absolute Gasteiger partial charge is 0.313 e. The molecule has 2 aromatic rings. The number of hydrogen-bond donors (Lipinski definition) is 2. The van der Waals surface area contributed by atoms with Gasteiger partial charge in [-0.3, -0.25) is 19.6 Å². The normalized spacial score (nSPS) is 24.4. The minimum absolute atomic E-state index is 0.0164. The standard InChI is InChI=1S/C22H29N3O3.CH2O2/c1-4-22(21(26)28-5-2)12-17-8-11-19(22)25(17)14-16-13-23-24-20(16)15-6-9-18(27-3)10-7-15;2-1-3/h6-7,9-10,13,17,19H,4-5,8,11-12,14H2,1-3H3,(H,23,24);1H,(H,2,3)/t17-,19+,22+;/m0./s1. The lowest BCUT2D eigenvalue weighted by atomic mass is 9.72. The summed E-state index contributed by atoms with van der Waals surface area (Å²) in [5, 5.41) is 14.3. The number of carbonyl (C=O) groups excluding carboxylic acids is 1. The van der Waals surface area contributed by atoms with Crippen molar-refractivity contribution in [3.63, 3.8) is 0 Å². The first-order valence-electron chi connectivity index (χ1n) is 10.7. The summed E-state index contributed by atoms with van der Waals surface area (Å²) in [5.74, 6) is 0.821. The van der Waals surface area contributed by atoms with Crippen molar-refractivity contribution in [2.45, 2.75) is 58.2 Å². The lowest BCUT2D eigenvalue weighted by Crippen LogP contribution is -2.44. The molecule has 0 radical (unpaired) electrons. The fourth-order valence-corrected chi connectivity index (χ4v) is 5.20. The Balaban J connectivity index is 0.000000858. The number of ether oxygens (including phenoxy) is 2. The van der Waals surface area contributed by atoms with E-state index in [-0.39, 0.29) is 23.9 Å². The Morgan fingerprint density at radius 1 is 1.32 bits per heavy atom. The van der Waals surface area contributed by atoms with Crippen molar-refractivity contribution in [3.05, 3.63) is 36.0 Å². The number of hydrogen-bond acceptors (Lipinski definition) is 6. The second-order valence-electron chi connectivity index (χ2n) is 7.96. The van der Waals surface area contributed by atoms with Crippen molar-refractivity contribution in [1.29, 1.82) is 0 Å². The number of nitrogens with one attached hydrogen (secondary N) is 1. The molecule has 2 bridgehead atoms. The van der Waals surface area contributed by atoms with Crippen LogP contribution in [0.15, 0.2) is 30.5 Å². The fourth-order valence-electron chi connectivity index (χ4n) is 5.20. The Morgan fingerprint density at radius 3 is 2.65 bits per heavy atom. The summed E-state index contributed by atoms with van der Waals surface area (Å²) in [7, 11) is 1.67. The summed E-state index contributed by atoms with van der Waals surface area (Å²) in [4.78, 5) is 23.7. The topological polar surface area (TPSA) is 105 Å². The van der Waals surface area contributed by atoms with Gasteiger partial charge in [-0.2, -0.15) is 5.10 Å². The highest BCUT2D eigenvalue weighted by Gasteiger charge is 2.59.